The summed E-state index contributed by atoms with van der Waals surface area (Å²) in [4.78, 5) is 24.6. The van der Waals surface area contributed by atoms with Crippen LogP contribution in [0.3, 0.4) is 0 Å². The van der Waals surface area contributed by atoms with E-state index in [1.807, 2.05) is 42.5 Å². The van der Waals surface area contributed by atoms with E-state index < -0.39 is 15.6 Å². The molecule has 0 heterocycles. The van der Waals surface area contributed by atoms with Crippen LogP contribution in [0.15, 0.2) is 60.7 Å². The first-order valence-electron chi connectivity index (χ1n) is 10.5. The molecular weight excluding hydrogens is 694 g/mol. The Labute approximate surface area is 232 Å². The lowest BCUT2D eigenvalue weighted by Gasteiger charge is -2.14. The van der Waals surface area contributed by atoms with Gasteiger partial charge in [0.05, 0.1) is 12.7 Å². The molecule has 3 N–H and O–H groups in total. The summed E-state index contributed by atoms with van der Waals surface area (Å²) in [5.41, 5.74) is 1.99. The first-order chi connectivity index (χ1) is 16.5. The predicted octanol–water partition coefficient (Wildman–Crippen LogP) is 4.63. The number of aryl methyl sites for hydroxylation is 1. The van der Waals surface area contributed by atoms with Crippen LogP contribution in [-0.4, -0.2) is 33.3 Å². The lowest BCUT2D eigenvalue weighted by molar-refractivity contribution is -0.119. The fraction of sp³-hybridized carbons (Fsp3) is 0.160. The number of hydrogen-bond acceptors (Lipinski definition) is 5. The zero-order chi connectivity index (χ0) is 25.6. The van der Waals surface area contributed by atoms with Crippen LogP contribution in [0.5, 0.6) is 17.2 Å². The van der Waals surface area contributed by atoms with Crippen LogP contribution in [0.4, 0.5) is 0 Å². The first-order valence-corrected chi connectivity index (χ1v) is 14.7. The highest BCUT2D eigenvalue weighted by Crippen LogP contribution is 2.34. The number of hydrogen-bond donors (Lipinski definition) is 3. The van der Waals surface area contributed by atoms with Gasteiger partial charge in [0.25, 0.3) is 5.91 Å². The quantitative estimate of drug-likeness (QED) is 0.221. The molecule has 0 aliphatic carbocycles. The second-order valence-electron chi connectivity index (χ2n) is 7.87. The van der Waals surface area contributed by atoms with Crippen molar-refractivity contribution in [2.45, 2.75) is 19.4 Å². The minimum Gasteiger partial charge on any atom is -0.507 e. The molecule has 3 aromatic carbocycles. The highest BCUT2D eigenvalue weighted by molar-refractivity contribution is 14.1. The summed E-state index contributed by atoms with van der Waals surface area (Å²) >= 11 is 4.30. The summed E-state index contributed by atoms with van der Waals surface area (Å²) < 4.78 is 21.7. The van der Waals surface area contributed by atoms with Crippen molar-refractivity contribution in [2.75, 3.05) is 6.26 Å². The van der Waals surface area contributed by atoms with Crippen molar-refractivity contribution in [1.82, 2.24) is 10.0 Å². The number of phenols is 1. The number of benzene rings is 3. The van der Waals surface area contributed by atoms with E-state index in [1.165, 1.54) is 18.4 Å². The fourth-order valence-electron chi connectivity index (χ4n) is 3.16. The molecule has 1 unspecified atom stereocenters. The molecule has 0 fully saturated rings. The zero-order valence-electron chi connectivity index (χ0n) is 18.8. The van der Waals surface area contributed by atoms with Crippen LogP contribution in [-0.2, 0) is 27.5 Å². The van der Waals surface area contributed by atoms with E-state index in [1.54, 1.807) is 6.07 Å². The number of rotatable bonds is 9. The van der Waals surface area contributed by atoms with Gasteiger partial charge in [0.1, 0.15) is 11.5 Å². The van der Waals surface area contributed by atoms with Gasteiger partial charge in [0.15, 0.2) is 5.75 Å². The Balaban J connectivity index is 1.70. The number of aromatic hydroxyl groups is 1. The third-order valence-corrected chi connectivity index (χ3v) is 7.02. The molecule has 1 atom stereocenters. The number of nitrogens with one attached hydrogen (secondary N) is 2. The van der Waals surface area contributed by atoms with Gasteiger partial charge in [0.2, 0.25) is 5.91 Å². The van der Waals surface area contributed by atoms with Gasteiger partial charge < -0.3 is 15.2 Å². The van der Waals surface area contributed by atoms with Gasteiger partial charge in [-0.3, -0.25) is 14.3 Å². The maximum atomic E-state index is 12.7. The summed E-state index contributed by atoms with van der Waals surface area (Å²) in [6.07, 6.45) is 2.04. The molecule has 3 aromatic rings. The molecule has 35 heavy (non-hydrogen) atoms. The van der Waals surface area contributed by atoms with E-state index in [0.29, 0.717) is 24.5 Å². The van der Waals surface area contributed by atoms with Crippen molar-refractivity contribution in [2.24, 2.45) is 0 Å². The Morgan fingerprint density at radius 3 is 2.31 bits per heavy atom. The molecule has 0 spiro atoms. The maximum absolute atomic E-state index is 12.7. The van der Waals surface area contributed by atoms with Crippen molar-refractivity contribution < 1.29 is 23.6 Å². The Kier molecular flexibility index (Phi) is 9.41. The van der Waals surface area contributed by atoms with Crippen molar-refractivity contribution >= 4 is 72.6 Å². The predicted molar refractivity (Wildman–Crippen MR) is 155 cm³/mol. The maximum Gasteiger partial charge on any atom is 0.255 e. The molecule has 0 aliphatic rings. The molecular formula is C25H24I2N2O5S. The number of phenolic OH excluding ortho intramolecular Hbond substituents is 1. The molecule has 0 saturated heterocycles. The van der Waals surface area contributed by atoms with Crippen LogP contribution in [0, 0.1) is 7.14 Å². The van der Waals surface area contributed by atoms with Crippen molar-refractivity contribution in [3.05, 3.63) is 84.5 Å². The van der Waals surface area contributed by atoms with Gasteiger partial charge in [-0.05, 0) is 98.9 Å². The summed E-state index contributed by atoms with van der Waals surface area (Å²) in [7, 11) is -2.58. The van der Waals surface area contributed by atoms with Gasteiger partial charge in [-0.15, -0.1) is 0 Å². The lowest BCUT2D eigenvalue weighted by atomic mass is 10.1. The minimum atomic E-state index is -2.58. The summed E-state index contributed by atoms with van der Waals surface area (Å²) in [6.45, 7) is 0.337. The summed E-state index contributed by atoms with van der Waals surface area (Å²) in [6, 6.07) is 17.8. The van der Waals surface area contributed by atoms with Crippen LogP contribution in [0.25, 0.3) is 0 Å². The molecule has 3 rings (SSSR count). The largest absolute Gasteiger partial charge is 0.507 e. The van der Waals surface area contributed by atoms with Crippen molar-refractivity contribution in [1.29, 1.82) is 0 Å². The SMILES string of the molecule is C=S(C)(=O)NC(=O)CCc1cc(I)c(Oc2ccc(O)c(C(=O)NCc3ccccc3)c2)c(I)c1. The number of carbonyl (C=O) groups is 2. The molecule has 10 heteroatoms. The fourth-order valence-corrected chi connectivity index (χ4v) is 5.86. The summed E-state index contributed by atoms with van der Waals surface area (Å²) in [5, 5.41) is 13.0. The molecule has 0 saturated carbocycles. The normalized spacial score (nSPS) is 12.4. The van der Waals surface area contributed by atoms with Crippen molar-refractivity contribution in [3.8, 4) is 17.2 Å². The highest BCUT2D eigenvalue weighted by Gasteiger charge is 2.16. The van der Waals surface area contributed by atoms with Gasteiger partial charge in [-0.1, -0.05) is 30.3 Å². The van der Waals surface area contributed by atoms with Gasteiger partial charge >= 0.3 is 0 Å². The monoisotopic (exact) mass is 718 g/mol. The molecule has 0 aromatic heterocycles. The lowest BCUT2D eigenvalue weighted by Crippen LogP contribution is -2.29. The van der Waals surface area contributed by atoms with Crippen molar-refractivity contribution in [3.63, 3.8) is 0 Å². The van der Waals surface area contributed by atoms with E-state index in [0.717, 1.165) is 18.3 Å². The number of carbonyl (C=O) groups excluding carboxylic acids is 2. The van der Waals surface area contributed by atoms with Crippen LogP contribution >= 0.6 is 45.2 Å². The molecule has 7 nitrogen and oxygen atoms in total. The minimum absolute atomic E-state index is 0.115. The van der Waals surface area contributed by atoms with Crippen LogP contribution < -0.4 is 14.8 Å². The third kappa shape index (κ3) is 8.39. The second kappa shape index (κ2) is 12.1. The highest BCUT2D eigenvalue weighted by atomic mass is 127. The van der Waals surface area contributed by atoms with Gasteiger partial charge in [-0.2, -0.15) is 0 Å². The van der Waals surface area contributed by atoms with E-state index in [9.17, 15) is 18.9 Å². The van der Waals surface area contributed by atoms with Crippen LogP contribution in [0.1, 0.15) is 27.9 Å². The van der Waals surface area contributed by atoms with E-state index in [-0.39, 0.29) is 23.6 Å². The van der Waals surface area contributed by atoms with Gasteiger partial charge in [0, 0.05) is 28.9 Å². The molecule has 0 radical (unpaired) electrons. The van der Waals surface area contributed by atoms with Gasteiger partial charge in [-0.25, -0.2) is 4.21 Å². The van der Waals surface area contributed by atoms with Crippen LogP contribution in [0.2, 0.25) is 0 Å². The number of amides is 2. The third-order valence-electron chi connectivity index (χ3n) is 4.76. The van der Waals surface area contributed by atoms with E-state index in [2.05, 4.69) is 61.1 Å². The number of ether oxygens (including phenoxy) is 1. The zero-order valence-corrected chi connectivity index (χ0v) is 24.0. The Bertz CT molecular complexity index is 1320. The second-order valence-corrected chi connectivity index (χ2v) is 12.4. The first kappa shape index (κ1) is 27.3. The number of halogens is 2. The topological polar surface area (TPSA) is 105 Å². The Morgan fingerprint density at radius 2 is 1.69 bits per heavy atom. The average molecular weight is 718 g/mol. The van der Waals surface area contributed by atoms with E-state index in [4.69, 9.17) is 4.74 Å². The van der Waals surface area contributed by atoms with E-state index >= 15 is 0 Å². The molecule has 0 bridgehead atoms. The molecule has 0 aliphatic heterocycles. The standard InChI is InChI=1S/C25H24I2N2O5S/c1-35(2,33)29-23(31)11-8-17-12-20(26)24(21(27)13-17)34-18-9-10-22(30)19(14-18)25(32)28-15-16-6-4-3-5-7-16/h3-7,9-10,12-14,30H,1,8,11,15H2,2H3,(H,28,32)(H,29,31,33). The molecule has 184 valence electrons. The average Bonchev–Trinajstić information content (AvgIpc) is 2.79. The summed E-state index contributed by atoms with van der Waals surface area (Å²) in [5.74, 6) is 3.57. The molecule has 2 amide bonds. The Hall–Kier alpha value is -2.32. The smallest absolute Gasteiger partial charge is 0.255 e. The Morgan fingerprint density at radius 1 is 1.03 bits per heavy atom.